The van der Waals surface area contributed by atoms with Gasteiger partial charge in [0.25, 0.3) is 0 Å². The summed E-state index contributed by atoms with van der Waals surface area (Å²) < 4.78 is 67.1. The first-order valence-electron chi connectivity index (χ1n) is 5.60. The molecule has 0 saturated carbocycles. The number of hydrogen-bond donors (Lipinski definition) is 1. The molecule has 0 atom stereocenters. The first-order chi connectivity index (χ1) is 9.52. The summed E-state index contributed by atoms with van der Waals surface area (Å²) in [6.45, 7) is 0. The zero-order chi connectivity index (χ0) is 14.4. The molecule has 0 aliphatic rings. The van der Waals surface area contributed by atoms with Crippen LogP contribution in [0.1, 0.15) is 0 Å². The van der Waals surface area contributed by atoms with E-state index in [1.165, 1.54) is 24.4 Å². The number of aromatic nitrogens is 1. The summed E-state index contributed by atoms with van der Waals surface area (Å²) in [6.07, 6.45) is 1.51. The third-order valence-corrected chi connectivity index (χ3v) is 3.07. The number of rotatable bonds is 1. The molecule has 0 radical (unpaired) electrons. The third kappa shape index (κ3) is 1.61. The van der Waals surface area contributed by atoms with E-state index in [1.54, 1.807) is 6.07 Å². The van der Waals surface area contributed by atoms with Gasteiger partial charge in [0.1, 0.15) is 0 Å². The van der Waals surface area contributed by atoms with E-state index < -0.39 is 34.6 Å². The first kappa shape index (κ1) is 12.7. The lowest BCUT2D eigenvalue weighted by Crippen LogP contribution is -2.04. The molecule has 0 saturated heterocycles. The molecule has 1 aromatic heterocycles. The van der Waals surface area contributed by atoms with Crippen LogP contribution in [0.3, 0.4) is 0 Å². The maximum absolute atomic E-state index is 13.8. The van der Waals surface area contributed by atoms with E-state index in [9.17, 15) is 22.0 Å². The third-order valence-electron chi connectivity index (χ3n) is 3.07. The molecule has 0 unspecified atom stereocenters. The molecular formula is C14H6F5N. The van der Waals surface area contributed by atoms with Gasteiger partial charge in [-0.25, -0.2) is 22.0 Å². The number of aromatic amines is 1. The van der Waals surface area contributed by atoms with Crippen molar-refractivity contribution in [3.8, 4) is 11.1 Å². The molecular weight excluding hydrogens is 277 g/mol. The second-order valence-corrected chi connectivity index (χ2v) is 4.19. The monoisotopic (exact) mass is 283 g/mol. The molecule has 3 rings (SSSR count). The molecule has 1 nitrogen and oxygen atoms in total. The fourth-order valence-corrected chi connectivity index (χ4v) is 2.14. The fourth-order valence-electron chi connectivity index (χ4n) is 2.14. The molecule has 0 spiro atoms. The Bertz CT molecular complexity index is 793. The number of fused-ring (bicyclic) bond motifs is 1. The fraction of sp³-hybridized carbons (Fsp3) is 0. The van der Waals surface area contributed by atoms with E-state index in [1.807, 2.05) is 0 Å². The Morgan fingerprint density at radius 2 is 1.30 bits per heavy atom. The molecule has 0 aliphatic heterocycles. The van der Waals surface area contributed by atoms with Gasteiger partial charge in [-0.15, -0.1) is 0 Å². The van der Waals surface area contributed by atoms with Crippen LogP contribution in [-0.2, 0) is 0 Å². The molecule has 0 fully saturated rings. The van der Waals surface area contributed by atoms with E-state index in [0.29, 0.717) is 10.9 Å². The molecule has 0 aliphatic carbocycles. The van der Waals surface area contributed by atoms with Crippen LogP contribution in [0.5, 0.6) is 0 Å². The maximum Gasteiger partial charge on any atom is 0.200 e. The van der Waals surface area contributed by atoms with Gasteiger partial charge in [-0.2, -0.15) is 0 Å². The highest BCUT2D eigenvalue weighted by atomic mass is 19.2. The van der Waals surface area contributed by atoms with Crippen LogP contribution in [0, 0.1) is 29.1 Å². The van der Waals surface area contributed by atoms with Crippen molar-refractivity contribution in [3.05, 3.63) is 59.5 Å². The standard InChI is InChI=1S/C14H6F5N/c15-10-9(11(16)13(18)14(19)12(10)17)7-2-1-3-8-6(7)4-5-20-8/h1-5,20H. The van der Waals surface area contributed by atoms with Crippen molar-refractivity contribution in [1.82, 2.24) is 4.98 Å². The van der Waals surface area contributed by atoms with E-state index in [-0.39, 0.29) is 5.56 Å². The summed E-state index contributed by atoms with van der Waals surface area (Å²) in [6, 6.07) is 5.90. The zero-order valence-electron chi connectivity index (χ0n) is 9.78. The summed E-state index contributed by atoms with van der Waals surface area (Å²) in [5, 5.41) is 0.371. The van der Waals surface area contributed by atoms with Gasteiger partial charge in [-0.05, 0) is 17.7 Å². The van der Waals surface area contributed by atoms with Crippen molar-refractivity contribution < 1.29 is 22.0 Å². The van der Waals surface area contributed by atoms with Crippen LogP contribution >= 0.6 is 0 Å². The number of benzene rings is 2. The smallest absolute Gasteiger partial charge is 0.200 e. The van der Waals surface area contributed by atoms with Gasteiger partial charge < -0.3 is 4.98 Å². The Morgan fingerprint density at radius 3 is 1.95 bits per heavy atom. The molecule has 3 aromatic rings. The van der Waals surface area contributed by atoms with Crippen molar-refractivity contribution in [2.75, 3.05) is 0 Å². The van der Waals surface area contributed by atoms with Gasteiger partial charge in [-0.1, -0.05) is 12.1 Å². The molecule has 0 amide bonds. The van der Waals surface area contributed by atoms with Crippen LogP contribution in [0.15, 0.2) is 30.5 Å². The van der Waals surface area contributed by atoms with E-state index in [2.05, 4.69) is 4.98 Å². The van der Waals surface area contributed by atoms with Gasteiger partial charge in [0.2, 0.25) is 5.82 Å². The van der Waals surface area contributed by atoms with E-state index in [4.69, 9.17) is 0 Å². The molecule has 2 aromatic carbocycles. The van der Waals surface area contributed by atoms with E-state index in [0.717, 1.165) is 0 Å². The largest absolute Gasteiger partial charge is 0.361 e. The number of H-pyrrole nitrogens is 1. The van der Waals surface area contributed by atoms with Gasteiger partial charge in [0.15, 0.2) is 23.3 Å². The predicted molar refractivity (Wildman–Crippen MR) is 63.5 cm³/mol. The zero-order valence-corrected chi connectivity index (χ0v) is 9.78. The lowest BCUT2D eigenvalue weighted by atomic mass is 10.00. The average molecular weight is 283 g/mol. The highest BCUT2D eigenvalue weighted by Crippen LogP contribution is 2.35. The highest BCUT2D eigenvalue weighted by Gasteiger charge is 2.27. The number of hydrogen-bond acceptors (Lipinski definition) is 0. The lowest BCUT2D eigenvalue weighted by molar-refractivity contribution is 0.381. The van der Waals surface area contributed by atoms with Crippen molar-refractivity contribution in [1.29, 1.82) is 0 Å². The van der Waals surface area contributed by atoms with Gasteiger partial charge >= 0.3 is 0 Å². The second kappa shape index (κ2) is 4.33. The molecule has 20 heavy (non-hydrogen) atoms. The minimum atomic E-state index is -2.16. The Morgan fingerprint density at radius 1 is 0.700 bits per heavy atom. The Labute approximate surface area is 109 Å². The summed E-state index contributed by atoms with van der Waals surface area (Å²) in [7, 11) is 0. The Hall–Kier alpha value is -2.37. The minimum absolute atomic E-state index is 0.0587. The maximum atomic E-state index is 13.8. The topological polar surface area (TPSA) is 15.8 Å². The second-order valence-electron chi connectivity index (χ2n) is 4.19. The van der Waals surface area contributed by atoms with Gasteiger partial charge in [0, 0.05) is 17.1 Å². The van der Waals surface area contributed by atoms with Crippen LogP contribution in [0.2, 0.25) is 0 Å². The Kier molecular flexibility index (Phi) is 2.74. The first-order valence-corrected chi connectivity index (χ1v) is 5.60. The van der Waals surface area contributed by atoms with Crippen molar-refractivity contribution in [2.24, 2.45) is 0 Å². The van der Waals surface area contributed by atoms with Crippen molar-refractivity contribution in [2.45, 2.75) is 0 Å². The Balaban J connectivity index is 2.44. The van der Waals surface area contributed by atoms with Crippen molar-refractivity contribution >= 4 is 10.9 Å². The molecule has 1 N–H and O–H groups in total. The van der Waals surface area contributed by atoms with Crippen LogP contribution in [0.25, 0.3) is 22.0 Å². The van der Waals surface area contributed by atoms with Gasteiger partial charge in [-0.3, -0.25) is 0 Å². The molecule has 0 bridgehead atoms. The minimum Gasteiger partial charge on any atom is -0.361 e. The van der Waals surface area contributed by atoms with Crippen LogP contribution in [-0.4, -0.2) is 4.98 Å². The van der Waals surface area contributed by atoms with Crippen LogP contribution < -0.4 is 0 Å². The van der Waals surface area contributed by atoms with Gasteiger partial charge in [0.05, 0.1) is 5.56 Å². The van der Waals surface area contributed by atoms with Crippen molar-refractivity contribution in [3.63, 3.8) is 0 Å². The number of halogens is 5. The van der Waals surface area contributed by atoms with Crippen LogP contribution in [0.4, 0.5) is 22.0 Å². The predicted octanol–water partition coefficient (Wildman–Crippen LogP) is 4.53. The lowest BCUT2D eigenvalue weighted by Gasteiger charge is -2.09. The summed E-state index contributed by atoms with van der Waals surface area (Å²) >= 11 is 0. The SMILES string of the molecule is Fc1c(F)c(F)c(-c2cccc3[nH]ccc23)c(F)c1F. The summed E-state index contributed by atoms with van der Waals surface area (Å²) in [4.78, 5) is 2.80. The van der Waals surface area contributed by atoms with E-state index >= 15 is 0 Å². The molecule has 6 heteroatoms. The number of nitrogens with one attached hydrogen (secondary N) is 1. The molecule has 102 valence electrons. The highest BCUT2D eigenvalue weighted by molar-refractivity contribution is 5.95. The quantitative estimate of drug-likeness (QED) is 0.383. The average Bonchev–Trinajstić information content (AvgIpc) is 2.92. The normalized spacial score (nSPS) is 11.2. The molecule has 1 heterocycles. The summed E-state index contributed by atoms with van der Waals surface area (Å²) in [5.74, 6) is -9.74. The summed E-state index contributed by atoms with van der Waals surface area (Å²) in [5.41, 5.74) is -0.449.